The normalized spacial score (nSPS) is 14.8. The first kappa shape index (κ1) is 18.6. The van der Waals surface area contributed by atoms with Crippen molar-refractivity contribution in [3.05, 3.63) is 36.2 Å². The van der Waals surface area contributed by atoms with E-state index in [1.807, 2.05) is 36.0 Å². The van der Waals surface area contributed by atoms with Crippen LogP contribution in [0.25, 0.3) is 0 Å². The topological polar surface area (TPSA) is 65.4 Å². The number of nitrogens with one attached hydrogen (secondary N) is 1. The predicted octanol–water partition coefficient (Wildman–Crippen LogP) is 3.19. The van der Waals surface area contributed by atoms with Gasteiger partial charge in [-0.05, 0) is 23.6 Å². The molecule has 2 heterocycles. The van der Waals surface area contributed by atoms with E-state index in [0.717, 1.165) is 28.6 Å². The third kappa shape index (κ3) is 4.52. The van der Waals surface area contributed by atoms with Crippen LogP contribution in [0.15, 0.2) is 35.7 Å². The number of aromatic nitrogens is 2. The number of hydrogen-bond acceptors (Lipinski definition) is 5. The zero-order chi connectivity index (χ0) is 18.5. The summed E-state index contributed by atoms with van der Waals surface area (Å²) < 4.78 is 13.4. The highest BCUT2D eigenvalue weighted by molar-refractivity contribution is 7.99. The number of rotatable bonds is 6. The smallest absolute Gasteiger partial charge is 0.230 e. The molecule has 0 radical (unpaired) electrons. The molecule has 1 aliphatic heterocycles. The van der Waals surface area contributed by atoms with E-state index < -0.39 is 0 Å². The van der Waals surface area contributed by atoms with Crippen molar-refractivity contribution >= 4 is 17.7 Å². The van der Waals surface area contributed by atoms with Crippen molar-refractivity contribution in [1.82, 2.24) is 14.9 Å². The highest BCUT2D eigenvalue weighted by Gasteiger charge is 2.21. The lowest BCUT2D eigenvalue weighted by molar-refractivity contribution is -0.119. The van der Waals surface area contributed by atoms with Gasteiger partial charge >= 0.3 is 0 Å². The van der Waals surface area contributed by atoms with Crippen LogP contribution in [0.1, 0.15) is 31.9 Å². The first-order valence-electron chi connectivity index (χ1n) is 8.83. The lowest BCUT2D eigenvalue weighted by Gasteiger charge is -2.24. The molecule has 3 rings (SSSR count). The highest BCUT2D eigenvalue weighted by Crippen LogP contribution is 2.34. The van der Waals surface area contributed by atoms with Crippen LogP contribution in [0.4, 0.5) is 0 Å². The molecule has 2 aromatic rings. The van der Waals surface area contributed by atoms with E-state index in [0.29, 0.717) is 19.0 Å². The Kier molecular flexibility index (Phi) is 6.08. The second-order valence-electron chi connectivity index (χ2n) is 6.66. The maximum atomic E-state index is 12.5. The molecule has 1 aromatic carbocycles. The fraction of sp³-hybridized carbons (Fsp3) is 0.474. The minimum Gasteiger partial charge on any atom is -0.490 e. The fourth-order valence-electron chi connectivity index (χ4n) is 2.84. The first-order valence-corrected chi connectivity index (χ1v) is 9.82. The van der Waals surface area contributed by atoms with Crippen molar-refractivity contribution in [2.75, 3.05) is 19.0 Å². The molecule has 0 saturated heterocycles. The number of nitrogens with zero attached hydrogens (tertiary/aromatic N) is 2. The summed E-state index contributed by atoms with van der Waals surface area (Å²) in [6.07, 6.45) is 4.47. The predicted molar refractivity (Wildman–Crippen MR) is 102 cm³/mol. The number of hydrogen-bond donors (Lipinski definition) is 1. The van der Waals surface area contributed by atoms with E-state index in [1.54, 1.807) is 6.20 Å². The van der Waals surface area contributed by atoms with Gasteiger partial charge in [-0.2, -0.15) is 0 Å². The molecular formula is C19H25N3O3S. The van der Waals surface area contributed by atoms with E-state index in [2.05, 4.69) is 24.1 Å². The van der Waals surface area contributed by atoms with Gasteiger partial charge in [0.05, 0.1) is 25.0 Å². The molecule has 0 bridgehead atoms. The average Bonchev–Trinajstić information content (AvgIpc) is 2.89. The Morgan fingerprint density at radius 1 is 1.31 bits per heavy atom. The number of aryl methyl sites for hydroxylation is 1. The molecule has 7 heteroatoms. The second kappa shape index (κ2) is 8.49. The Morgan fingerprint density at radius 2 is 2.08 bits per heavy atom. The number of thioether (sulfide) groups is 1. The van der Waals surface area contributed by atoms with Crippen molar-refractivity contribution in [3.63, 3.8) is 0 Å². The lowest BCUT2D eigenvalue weighted by Crippen LogP contribution is -2.33. The van der Waals surface area contributed by atoms with Gasteiger partial charge in [-0.15, -0.1) is 0 Å². The maximum Gasteiger partial charge on any atom is 0.230 e. The van der Waals surface area contributed by atoms with Crippen molar-refractivity contribution in [2.45, 2.75) is 31.5 Å². The minimum absolute atomic E-state index is 0.0104. The third-order valence-corrected chi connectivity index (χ3v) is 5.28. The van der Waals surface area contributed by atoms with Gasteiger partial charge in [-0.1, -0.05) is 31.7 Å². The Bertz CT molecular complexity index is 760. The third-order valence-electron chi connectivity index (χ3n) is 4.22. The number of ether oxygens (including phenoxy) is 2. The van der Waals surface area contributed by atoms with E-state index in [1.165, 1.54) is 11.8 Å². The van der Waals surface area contributed by atoms with Crippen LogP contribution in [0.5, 0.6) is 11.5 Å². The summed E-state index contributed by atoms with van der Waals surface area (Å²) in [7, 11) is 1.92. The summed E-state index contributed by atoms with van der Waals surface area (Å²) in [6, 6.07) is 5.84. The first-order chi connectivity index (χ1) is 12.5. The van der Waals surface area contributed by atoms with Gasteiger partial charge in [0.1, 0.15) is 0 Å². The fourth-order valence-corrected chi connectivity index (χ4v) is 3.59. The van der Waals surface area contributed by atoms with Crippen LogP contribution in [0.2, 0.25) is 0 Å². The zero-order valence-electron chi connectivity index (χ0n) is 15.4. The molecule has 0 fully saturated rings. The largest absolute Gasteiger partial charge is 0.490 e. The number of carbonyl (C=O) groups excluding carboxylic acids is 1. The van der Waals surface area contributed by atoms with Crippen LogP contribution in [0.3, 0.4) is 0 Å². The molecule has 1 unspecified atom stereocenters. The SMILES string of the molecule is CC(C)C(NC(=O)CSc1nccn1C)c1ccc2c(c1)OCCCO2. The van der Waals surface area contributed by atoms with Gasteiger partial charge in [0.2, 0.25) is 5.91 Å². The van der Waals surface area contributed by atoms with E-state index in [9.17, 15) is 4.79 Å². The summed E-state index contributed by atoms with van der Waals surface area (Å²) in [4.78, 5) is 16.7. The monoisotopic (exact) mass is 375 g/mol. The number of fused-ring (bicyclic) bond motifs is 1. The van der Waals surface area contributed by atoms with Crippen molar-refractivity contribution < 1.29 is 14.3 Å². The molecule has 1 amide bonds. The molecule has 0 aliphatic carbocycles. The number of carbonyl (C=O) groups is 1. The Morgan fingerprint density at radius 3 is 2.77 bits per heavy atom. The summed E-state index contributed by atoms with van der Waals surface area (Å²) in [5, 5.41) is 3.97. The number of benzene rings is 1. The van der Waals surface area contributed by atoms with Gasteiger partial charge in [0, 0.05) is 25.9 Å². The van der Waals surface area contributed by atoms with Crippen LogP contribution in [-0.4, -0.2) is 34.4 Å². The molecule has 1 atom stereocenters. The quantitative estimate of drug-likeness (QED) is 0.786. The van der Waals surface area contributed by atoms with Gasteiger partial charge in [-0.3, -0.25) is 4.79 Å². The van der Waals surface area contributed by atoms with E-state index >= 15 is 0 Å². The maximum absolute atomic E-state index is 12.5. The van der Waals surface area contributed by atoms with Crippen LogP contribution >= 0.6 is 11.8 Å². The number of amides is 1. The summed E-state index contributed by atoms with van der Waals surface area (Å²) in [6.45, 7) is 5.51. The van der Waals surface area contributed by atoms with Gasteiger partial charge < -0.3 is 19.4 Å². The zero-order valence-corrected chi connectivity index (χ0v) is 16.2. The van der Waals surface area contributed by atoms with Gasteiger partial charge in [0.15, 0.2) is 16.7 Å². The molecule has 1 aliphatic rings. The van der Waals surface area contributed by atoms with Gasteiger partial charge in [0.25, 0.3) is 0 Å². The van der Waals surface area contributed by atoms with E-state index in [4.69, 9.17) is 9.47 Å². The molecule has 140 valence electrons. The Labute approximate surface area is 158 Å². The van der Waals surface area contributed by atoms with E-state index in [-0.39, 0.29) is 17.9 Å². The Hall–Kier alpha value is -2.15. The highest BCUT2D eigenvalue weighted by atomic mass is 32.2. The summed E-state index contributed by atoms with van der Waals surface area (Å²) >= 11 is 1.43. The summed E-state index contributed by atoms with van der Waals surface area (Å²) in [5.74, 6) is 2.09. The van der Waals surface area contributed by atoms with Crippen molar-refractivity contribution in [1.29, 1.82) is 0 Å². The van der Waals surface area contributed by atoms with Crippen LogP contribution in [0, 0.1) is 5.92 Å². The molecule has 0 spiro atoms. The van der Waals surface area contributed by atoms with Crippen molar-refractivity contribution in [3.8, 4) is 11.5 Å². The Balaban J connectivity index is 1.68. The standard InChI is InChI=1S/C19H25N3O3S/c1-13(2)18(21-17(23)12-26-19-20-7-8-22(19)3)14-5-6-15-16(11-14)25-10-4-9-24-15/h5-8,11,13,18H,4,9-10,12H2,1-3H3,(H,21,23). The summed E-state index contributed by atoms with van der Waals surface area (Å²) in [5.41, 5.74) is 1.03. The molecule has 26 heavy (non-hydrogen) atoms. The molecule has 0 saturated carbocycles. The molecule has 6 nitrogen and oxygen atoms in total. The van der Waals surface area contributed by atoms with Crippen LogP contribution in [-0.2, 0) is 11.8 Å². The number of imidazole rings is 1. The van der Waals surface area contributed by atoms with Crippen molar-refractivity contribution in [2.24, 2.45) is 13.0 Å². The molecule has 1 N–H and O–H groups in total. The lowest BCUT2D eigenvalue weighted by atomic mass is 9.95. The van der Waals surface area contributed by atoms with Crippen LogP contribution < -0.4 is 14.8 Å². The van der Waals surface area contributed by atoms with Gasteiger partial charge in [-0.25, -0.2) is 4.98 Å². The molecular weight excluding hydrogens is 350 g/mol. The average molecular weight is 375 g/mol. The second-order valence-corrected chi connectivity index (χ2v) is 7.60. The minimum atomic E-state index is -0.0818. The molecule has 1 aromatic heterocycles.